The van der Waals surface area contributed by atoms with Gasteiger partial charge in [0.2, 0.25) is 5.88 Å². The molecule has 0 fully saturated rings. The van der Waals surface area contributed by atoms with Crippen molar-refractivity contribution in [3.05, 3.63) is 59.8 Å². The second-order valence-electron chi connectivity index (χ2n) is 7.32. The summed E-state index contributed by atoms with van der Waals surface area (Å²) in [5, 5.41) is 11.0. The van der Waals surface area contributed by atoms with Crippen LogP contribution in [-0.2, 0) is 16.1 Å². The Morgan fingerprint density at radius 3 is 2.75 bits per heavy atom. The lowest BCUT2D eigenvalue weighted by molar-refractivity contribution is 0.0705. The Labute approximate surface area is 184 Å². The summed E-state index contributed by atoms with van der Waals surface area (Å²) in [4.78, 5) is 19.6. The van der Waals surface area contributed by atoms with E-state index < -0.39 is 6.16 Å². The fraction of sp³-hybridized carbons (Fsp3) is 0.208. The van der Waals surface area contributed by atoms with Crippen LogP contribution in [0.2, 0.25) is 0 Å². The molecule has 4 aromatic rings. The lowest BCUT2D eigenvalue weighted by Gasteiger charge is -2.12. The quantitative estimate of drug-likeness (QED) is 0.405. The number of para-hydroxylation sites is 1. The van der Waals surface area contributed by atoms with Crippen LogP contribution < -0.4 is 9.47 Å². The van der Waals surface area contributed by atoms with Crippen LogP contribution >= 0.6 is 0 Å². The summed E-state index contributed by atoms with van der Waals surface area (Å²) in [5.41, 5.74) is 2.65. The van der Waals surface area contributed by atoms with Crippen molar-refractivity contribution in [1.82, 2.24) is 9.97 Å². The van der Waals surface area contributed by atoms with Gasteiger partial charge in [-0.1, -0.05) is 12.1 Å². The number of H-pyrrole nitrogens is 1. The minimum Gasteiger partial charge on any atom is -0.456 e. The molecule has 32 heavy (non-hydrogen) atoms. The lowest BCUT2D eigenvalue weighted by Crippen LogP contribution is -2.17. The third-order valence-electron chi connectivity index (χ3n) is 4.71. The summed E-state index contributed by atoms with van der Waals surface area (Å²) in [6.07, 6.45) is 0.445. The van der Waals surface area contributed by atoms with Gasteiger partial charge in [-0.2, -0.15) is 5.26 Å². The highest BCUT2D eigenvalue weighted by Gasteiger charge is 2.19. The summed E-state index contributed by atoms with van der Waals surface area (Å²) in [7, 11) is 1.55. The zero-order valence-electron chi connectivity index (χ0n) is 17.8. The van der Waals surface area contributed by atoms with E-state index >= 15 is 0 Å². The number of rotatable bonds is 6. The standard InChI is InChI=1S/C24H21N3O5/c1-14(2)30-24(28)32-23-18(13-29-3)22-17-10-16(8-9-19(17)27-20(22)12-26-23)31-21-7-5-4-6-15(21)11-25/h4-10,12,14,27H,13H2,1-3H3. The maximum absolute atomic E-state index is 12.1. The molecule has 0 bridgehead atoms. The smallest absolute Gasteiger partial charge is 0.456 e. The van der Waals surface area contributed by atoms with Crippen LogP contribution in [0, 0.1) is 11.3 Å². The van der Waals surface area contributed by atoms with Gasteiger partial charge in [-0.25, -0.2) is 9.78 Å². The number of nitriles is 1. The third kappa shape index (κ3) is 4.19. The summed E-state index contributed by atoms with van der Waals surface area (Å²) in [6.45, 7) is 3.64. The Hall–Kier alpha value is -4.09. The summed E-state index contributed by atoms with van der Waals surface area (Å²) in [6, 6.07) is 14.7. The first-order valence-electron chi connectivity index (χ1n) is 9.98. The number of nitrogens with one attached hydrogen (secondary N) is 1. The van der Waals surface area contributed by atoms with Gasteiger partial charge in [0.15, 0.2) is 0 Å². The number of benzene rings is 2. The van der Waals surface area contributed by atoms with E-state index in [2.05, 4.69) is 16.0 Å². The molecule has 0 spiro atoms. The van der Waals surface area contributed by atoms with Crippen LogP contribution in [0.5, 0.6) is 17.4 Å². The predicted molar refractivity (Wildman–Crippen MR) is 118 cm³/mol. The number of hydrogen-bond acceptors (Lipinski definition) is 7. The van der Waals surface area contributed by atoms with Gasteiger partial charge in [0.1, 0.15) is 17.6 Å². The van der Waals surface area contributed by atoms with E-state index in [-0.39, 0.29) is 18.6 Å². The van der Waals surface area contributed by atoms with Crippen molar-refractivity contribution in [3.8, 4) is 23.4 Å². The number of hydrogen-bond donors (Lipinski definition) is 1. The topological polar surface area (TPSA) is 106 Å². The molecule has 0 atom stereocenters. The van der Waals surface area contributed by atoms with Gasteiger partial charge in [0.05, 0.1) is 35.6 Å². The largest absolute Gasteiger partial charge is 0.515 e. The number of aromatic nitrogens is 2. The summed E-state index contributed by atoms with van der Waals surface area (Å²) < 4.78 is 21.8. The zero-order valence-corrected chi connectivity index (χ0v) is 17.8. The van der Waals surface area contributed by atoms with Gasteiger partial charge < -0.3 is 23.9 Å². The normalized spacial score (nSPS) is 11.0. The fourth-order valence-electron chi connectivity index (χ4n) is 3.42. The van der Waals surface area contributed by atoms with E-state index in [1.807, 2.05) is 24.3 Å². The number of pyridine rings is 1. The van der Waals surface area contributed by atoms with E-state index in [9.17, 15) is 10.1 Å². The van der Waals surface area contributed by atoms with E-state index in [1.165, 1.54) is 0 Å². The molecule has 0 saturated heterocycles. The highest BCUT2D eigenvalue weighted by atomic mass is 16.7. The van der Waals surface area contributed by atoms with Crippen LogP contribution in [-0.4, -0.2) is 29.3 Å². The number of carbonyl (C=O) groups excluding carboxylic acids is 1. The first-order valence-corrected chi connectivity index (χ1v) is 9.98. The summed E-state index contributed by atoms with van der Waals surface area (Å²) in [5.74, 6) is 1.14. The van der Waals surface area contributed by atoms with Crippen LogP contribution in [0.1, 0.15) is 25.0 Å². The highest BCUT2D eigenvalue weighted by Crippen LogP contribution is 2.36. The van der Waals surface area contributed by atoms with Crippen LogP contribution in [0.25, 0.3) is 21.8 Å². The first-order chi connectivity index (χ1) is 15.5. The van der Waals surface area contributed by atoms with Crippen molar-refractivity contribution in [2.75, 3.05) is 7.11 Å². The van der Waals surface area contributed by atoms with Gasteiger partial charge in [-0.05, 0) is 44.2 Å². The molecule has 2 heterocycles. The molecule has 4 rings (SSSR count). The van der Waals surface area contributed by atoms with Gasteiger partial charge in [0, 0.05) is 23.4 Å². The van der Waals surface area contributed by atoms with Crippen molar-refractivity contribution in [1.29, 1.82) is 5.26 Å². The first kappa shape index (κ1) is 21.2. The van der Waals surface area contributed by atoms with E-state index in [1.54, 1.807) is 45.4 Å². The van der Waals surface area contributed by atoms with E-state index in [0.29, 0.717) is 22.6 Å². The maximum Gasteiger partial charge on any atom is 0.515 e. The molecule has 0 aliphatic heterocycles. The molecule has 0 amide bonds. The van der Waals surface area contributed by atoms with Gasteiger partial charge in [-0.3, -0.25) is 0 Å². The number of carbonyl (C=O) groups is 1. The van der Waals surface area contributed by atoms with E-state index in [4.69, 9.17) is 18.9 Å². The molecule has 0 aliphatic carbocycles. The predicted octanol–water partition coefficient (Wildman–Crippen LogP) is 5.45. The lowest BCUT2D eigenvalue weighted by atomic mass is 10.1. The minimum absolute atomic E-state index is 0.118. The summed E-state index contributed by atoms with van der Waals surface area (Å²) >= 11 is 0. The molecule has 162 valence electrons. The van der Waals surface area contributed by atoms with Gasteiger partial charge in [0.25, 0.3) is 0 Å². The molecule has 0 radical (unpaired) electrons. The molecule has 8 nitrogen and oxygen atoms in total. The Morgan fingerprint density at radius 2 is 2.00 bits per heavy atom. The monoisotopic (exact) mass is 431 g/mol. The number of fused-ring (bicyclic) bond motifs is 3. The van der Waals surface area contributed by atoms with Crippen LogP contribution in [0.4, 0.5) is 4.79 Å². The number of methoxy groups -OCH3 is 1. The van der Waals surface area contributed by atoms with Crippen LogP contribution in [0.3, 0.4) is 0 Å². The van der Waals surface area contributed by atoms with Crippen molar-refractivity contribution in [2.24, 2.45) is 0 Å². The molecule has 8 heteroatoms. The Morgan fingerprint density at radius 1 is 1.19 bits per heavy atom. The second-order valence-corrected chi connectivity index (χ2v) is 7.32. The number of aromatic amines is 1. The van der Waals surface area contributed by atoms with Crippen molar-refractivity contribution in [2.45, 2.75) is 26.6 Å². The molecule has 1 N–H and O–H groups in total. The highest BCUT2D eigenvalue weighted by molar-refractivity contribution is 6.09. The molecule has 0 unspecified atom stereocenters. The molecular weight excluding hydrogens is 410 g/mol. The Kier molecular flexibility index (Phi) is 5.92. The average molecular weight is 431 g/mol. The molecule has 0 aliphatic rings. The molecule has 0 saturated carbocycles. The SMILES string of the molecule is COCc1c(OC(=O)OC(C)C)ncc2[nH]c3ccc(Oc4ccccc4C#N)cc3c12. The van der Waals surface area contributed by atoms with Crippen molar-refractivity contribution >= 4 is 28.0 Å². The Balaban J connectivity index is 1.80. The maximum atomic E-state index is 12.1. The van der Waals surface area contributed by atoms with E-state index in [0.717, 1.165) is 21.8 Å². The zero-order chi connectivity index (χ0) is 22.7. The minimum atomic E-state index is -0.832. The third-order valence-corrected chi connectivity index (χ3v) is 4.71. The van der Waals surface area contributed by atoms with Gasteiger partial charge in [-0.15, -0.1) is 0 Å². The molecule has 2 aromatic heterocycles. The fourth-order valence-corrected chi connectivity index (χ4v) is 3.42. The number of ether oxygens (including phenoxy) is 4. The van der Waals surface area contributed by atoms with Gasteiger partial charge >= 0.3 is 6.16 Å². The van der Waals surface area contributed by atoms with Crippen molar-refractivity contribution < 1.29 is 23.7 Å². The molecule has 2 aromatic carbocycles. The number of nitrogens with zero attached hydrogens (tertiary/aromatic N) is 2. The second kappa shape index (κ2) is 8.96. The average Bonchev–Trinajstić information content (AvgIpc) is 3.13. The molecular formula is C24H21N3O5. The van der Waals surface area contributed by atoms with Crippen molar-refractivity contribution in [3.63, 3.8) is 0 Å². The van der Waals surface area contributed by atoms with Crippen LogP contribution in [0.15, 0.2) is 48.7 Å². The Bertz CT molecular complexity index is 1340.